The Bertz CT molecular complexity index is 1870. The molecule has 0 bridgehead atoms. The van der Waals surface area contributed by atoms with Crippen LogP contribution >= 0.6 is 0 Å². The van der Waals surface area contributed by atoms with E-state index in [1.165, 1.54) is 4.57 Å². The smallest absolute Gasteiger partial charge is 0.475 e. The Kier molecular flexibility index (Phi) is 9.48. The van der Waals surface area contributed by atoms with Crippen molar-refractivity contribution in [2.24, 2.45) is 0 Å². The molecule has 1 atom stereocenters. The summed E-state index contributed by atoms with van der Waals surface area (Å²) in [6.45, 7) is 9.80. The standard InChI is InChI=1S/C28H27F2N7O.C2HF3O2/c1-15(2)23-25(16(3)7-8-33-23)37-27-21(26(35-28(37)38)36-10-9-32-14-17(36)4)11-18(13-31)24(34-27)20-12-19(29)5-6-22(20)30;3-2(4,5)1(6)7/h5-8,11-12,15,17,32H,9-10,14H2,1-4H3;(H,6,7)/t17-;/m0./s1. The minimum atomic E-state index is -5.08. The van der Waals surface area contributed by atoms with Gasteiger partial charge in [-0.05, 0) is 55.7 Å². The van der Waals surface area contributed by atoms with Crippen LogP contribution in [0.25, 0.3) is 28.0 Å². The number of pyridine rings is 2. The van der Waals surface area contributed by atoms with Gasteiger partial charge in [0.15, 0.2) is 5.65 Å². The predicted octanol–water partition coefficient (Wildman–Crippen LogP) is 4.86. The number of carboxylic acid groups (broad SMARTS) is 1. The number of nitrogens with one attached hydrogen (secondary N) is 1. The third-order valence-corrected chi connectivity index (χ3v) is 7.09. The minimum Gasteiger partial charge on any atom is -0.475 e. The van der Waals surface area contributed by atoms with E-state index in [9.17, 15) is 32.0 Å². The number of nitrogens with zero attached hydrogens (tertiary/aromatic N) is 6. The van der Waals surface area contributed by atoms with Gasteiger partial charge in [0.25, 0.3) is 0 Å². The van der Waals surface area contributed by atoms with Crippen LogP contribution in [0.5, 0.6) is 0 Å². The van der Waals surface area contributed by atoms with Gasteiger partial charge in [-0.3, -0.25) is 4.98 Å². The van der Waals surface area contributed by atoms with E-state index in [0.717, 1.165) is 23.8 Å². The Labute approximate surface area is 253 Å². The molecule has 4 aromatic rings. The van der Waals surface area contributed by atoms with Gasteiger partial charge < -0.3 is 15.3 Å². The van der Waals surface area contributed by atoms with Crippen LogP contribution < -0.4 is 15.9 Å². The van der Waals surface area contributed by atoms with Crippen LogP contribution in [0.2, 0.25) is 0 Å². The van der Waals surface area contributed by atoms with E-state index in [2.05, 4.69) is 21.4 Å². The number of rotatable bonds is 4. The number of hydrogen-bond acceptors (Lipinski definition) is 8. The molecule has 0 unspecified atom stereocenters. The van der Waals surface area contributed by atoms with E-state index in [1.807, 2.05) is 32.6 Å². The second-order valence-corrected chi connectivity index (χ2v) is 10.6. The maximum atomic E-state index is 14.9. The number of halogens is 5. The first-order valence-corrected chi connectivity index (χ1v) is 13.7. The van der Waals surface area contributed by atoms with Gasteiger partial charge in [-0.2, -0.15) is 23.4 Å². The summed E-state index contributed by atoms with van der Waals surface area (Å²) in [5.41, 5.74) is 1.44. The second-order valence-electron chi connectivity index (χ2n) is 10.6. The third kappa shape index (κ3) is 6.75. The largest absolute Gasteiger partial charge is 0.490 e. The van der Waals surface area contributed by atoms with Gasteiger partial charge in [-0.1, -0.05) is 13.8 Å². The molecule has 0 saturated carbocycles. The Hall–Kier alpha value is -4.97. The van der Waals surface area contributed by atoms with Gasteiger partial charge >= 0.3 is 17.8 Å². The number of alkyl halides is 3. The molecule has 2 N–H and O–H groups in total. The van der Waals surface area contributed by atoms with E-state index in [-0.39, 0.29) is 34.4 Å². The molecule has 3 aromatic heterocycles. The van der Waals surface area contributed by atoms with Crippen molar-refractivity contribution in [3.05, 3.63) is 75.5 Å². The van der Waals surface area contributed by atoms with Gasteiger partial charge in [-0.15, -0.1) is 0 Å². The zero-order valence-corrected chi connectivity index (χ0v) is 24.6. The minimum absolute atomic E-state index is 0.0203. The van der Waals surface area contributed by atoms with Gasteiger partial charge in [0.1, 0.15) is 23.5 Å². The van der Waals surface area contributed by atoms with Crippen LogP contribution in [0.4, 0.5) is 27.8 Å². The van der Waals surface area contributed by atoms with Crippen LogP contribution in [-0.2, 0) is 4.79 Å². The first kappa shape index (κ1) is 32.9. The highest BCUT2D eigenvalue weighted by molar-refractivity contribution is 5.92. The maximum absolute atomic E-state index is 14.9. The number of benzene rings is 1. The molecule has 4 heterocycles. The number of piperazine rings is 1. The zero-order valence-electron chi connectivity index (χ0n) is 24.6. The SMILES string of the molecule is Cc1ccnc(C(C)C)c1-n1c(=O)nc(N2CCNC[C@@H]2C)c2cc(C#N)c(-c3cc(F)ccc3F)nc21.O=C(O)C(F)(F)F. The molecule has 45 heavy (non-hydrogen) atoms. The van der Waals surface area contributed by atoms with Gasteiger partial charge in [0, 0.05) is 37.4 Å². The lowest BCUT2D eigenvalue weighted by atomic mass is 10.0. The first-order valence-electron chi connectivity index (χ1n) is 13.7. The summed E-state index contributed by atoms with van der Waals surface area (Å²) in [5, 5.41) is 20.9. The van der Waals surface area contributed by atoms with Crippen molar-refractivity contribution >= 4 is 22.8 Å². The lowest BCUT2D eigenvalue weighted by Gasteiger charge is -2.35. The molecule has 236 valence electrons. The molecular weight excluding hydrogens is 601 g/mol. The molecule has 0 spiro atoms. The summed E-state index contributed by atoms with van der Waals surface area (Å²) in [6.07, 6.45) is -3.40. The number of carboxylic acids is 1. The zero-order chi connectivity index (χ0) is 33.2. The van der Waals surface area contributed by atoms with E-state index in [4.69, 9.17) is 14.9 Å². The van der Waals surface area contributed by atoms with Crippen molar-refractivity contribution < 1.29 is 31.9 Å². The van der Waals surface area contributed by atoms with Crippen LogP contribution in [0, 0.1) is 29.9 Å². The summed E-state index contributed by atoms with van der Waals surface area (Å²) < 4.78 is 62.2. The fourth-order valence-corrected chi connectivity index (χ4v) is 4.96. The number of hydrogen-bond donors (Lipinski definition) is 2. The molecule has 1 aliphatic heterocycles. The second kappa shape index (κ2) is 12.9. The van der Waals surface area contributed by atoms with Gasteiger partial charge in [0.2, 0.25) is 0 Å². The highest BCUT2D eigenvalue weighted by Gasteiger charge is 2.38. The number of aliphatic carboxylic acids is 1. The Morgan fingerprint density at radius 1 is 1.18 bits per heavy atom. The van der Waals surface area contributed by atoms with E-state index < -0.39 is 29.5 Å². The molecule has 15 heteroatoms. The maximum Gasteiger partial charge on any atom is 0.490 e. The van der Waals surface area contributed by atoms with Crippen molar-refractivity contribution in [3.8, 4) is 23.0 Å². The van der Waals surface area contributed by atoms with Crippen molar-refractivity contribution in [1.29, 1.82) is 5.26 Å². The van der Waals surface area contributed by atoms with Crippen LogP contribution in [-0.4, -0.2) is 62.4 Å². The molecule has 0 amide bonds. The van der Waals surface area contributed by atoms with Gasteiger partial charge in [-0.25, -0.2) is 27.9 Å². The highest BCUT2D eigenvalue weighted by atomic mass is 19.4. The number of anilines is 1. The fourth-order valence-electron chi connectivity index (χ4n) is 4.96. The normalized spacial score (nSPS) is 15.0. The van der Waals surface area contributed by atoms with Crippen LogP contribution in [0.15, 0.2) is 41.3 Å². The molecule has 0 radical (unpaired) electrons. The van der Waals surface area contributed by atoms with Gasteiger partial charge in [0.05, 0.1) is 28.0 Å². The third-order valence-electron chi connectivity index (χ3n) is 7.09. The molecule has 1 fully saturated rings. The lowest BCUT2D eigenvalue weighted by molar-refractivity contribution is -0.192. The molecule has 5 rings (SSSR count). The average Bonchev–Trinajstić information content (AvgIpc) is 2.98. The van der Waals surface area contributed by atoms with Crippen molar-refractivity contribution in [1.82, 2.24) is 24.8 Å². The van der Waals surface area contributed by atoms with E-state index in [1.54, 1.807) is 18.3 Å². The number of fused-ring (bicyclic) bond motifs is 1. The number of aromatic nitrogens is 4. The van der Waals surface area contributed by atoms with Crippen LogP contribution in [0.1, 0.15) is 43.5 Å². The number of nitriles is 1. The van der Waals surface area contributed by atoms with Crippen molar-refractivity contribution in [2.75, 3.05) is 24.5 Å². The van der Waals surface area contributed by atoms with Crippen molar-refractivity contribution in [3.63, 3.8) is 0 Å². The molecule has 1 aromatic carbocycles. The summed E-state index contributed by atoms with van der Waals surface area (Å²) in [6, 6.07) is 8.46. The van der Waals surface area contributed by atoms with Crippen LogP contribution in [0.3, 0.4) is 0 Å². The Balaban J connectivity index is 0.000000591. The van der Waals surface area contributed by atoms with E-state index in [0.29, 0.717) is 42.2 Å². The lowest BCUT2D eigenvalue weighted by Crippen LogP contribution is -2.50. The fraction of sp³-hybridized carbons (Fsp3) is 0.333. The number of carbonyl (C=O) groups is 1. The first-order chi connectivity index (χ1) is 21.1. The summed E-state index contributed by atoms with van der Waals surface area (Å²) in [5.74, 6) is -3.78. The Morgan fingerprint density at radius 3 is 2.47 bits per heavy atom. The molecule has 10 nitrogen and oxygen atoms in total. The Morgan fingerprint density at radius 2 is 1.87 bits per heavy atom. The summed E-state index contributed by atoms with van der Waals surface area (Å²) in [7, 11) is 0. The predicted molar refractivity (Wildman–Crippen MR) is 155 cm³/mol. The highest BCUT2D eigenvalue weighted by Crippen LogP contribution is 2.34. The summed E-state index contributed by atoms with van der Waals surface area (Å²) >= 11 is 0. The average molecular weight is 630 g/mol. The monoisotopic (exact) mass is 629 g/mol. The topological polar surface area (TPSA) is 137 Å². The molecule has 1 saturated heterocycles. The molecule has 0 aliphatic carbocycles. The number of aryl methyl sites for hydroxylation is 1. The van der Waals surface area contributed by atoms with Crippen molar-refractivity contribution in [2.45, 2.75) is 45.8 Å². The quantitative estimate of drug-likeness (QED) is 0.304. The molecular formula is C30H28F5N7O3. The van der Waals surface area contributed by atoms with E-state index >= 15 is 0 Å². The molecule has 1 aliphatic rings. The summed E-state index contributed by atoms with van der Waals surface area (Å²) in [4.78, 5) is 38.4.